The van der Waals surface area contributed by atoms with Crippen LogP contribution in [0.4, 0.5) is 10.6 Å². The van der Waals surface area contributed by atoms with Gasteiger partial charge in [0.05, 0.1) is 4.47 Å². The first-order valence-electron chi connectivity index (χ1n) is 5.87. The van der Waals surface area contributed by atoms with Gasteiger partial charge < -0.3 is 5.32 Å². The van der Waals surface area contributed by atoms with Gasteiger partial charge >= 0.3 is 6.03 Å². The maximum atomic E-state index is 11.8. The van der Waals surface area contributed by atoms with E-state index in [9.17, 15) is 4.79 Å². The molecule has 4 nitrogen and oxygen atoms in total. The Labute approximate surface area is 120 Å². The highest BCUT2D eigenvalue weighted by molar-refractivity contribution is 9.10. The molecule has 0 aliphatic rings. The molecular weight excluding hydrogens is 306 g/mol. The summed E-state index contributed by atoms with van der Waals surface area (Å²) in [5, 5.41) is 5.50. The lowest BCUT2D eigenvalue weighted by molar-refractivity contribution is 0.251. The number of benzene rings is 1. The molecule has 0 aliphatic heterocycles. The smallest absolute Gasteiger partial charge is 0.320 e. The molecule has 1 aromatic carbocycles. The predicted molar refractivity (Wildman–Crippen MR) is 79.0 cm³/mol. The van der Waals surface area contributed by atoms with Gasteiger partial charge in [-0.25, -0.2) is 9.78 Å². The predicted octanol–water partition coefficient (Wildman–Crippen LogP) is 3.47. The minimum atomic E-state index is -0.275. The second-order valence-corrected chi connectivity index (χ2v) is 4.93. The first-order valence-corrected chi connectivity index (χ1v) is 6.66. The van der Waals surface area contributed by atoms with E-state index in [2.05, 4.69) is 31.5 Å². The summed E-state index contributed by atoms with van der Waals surface area (Å²) in [5.41, 5.74) is 1.90. The van der Waals surface area contributed by atoms with Crippen molar-refractivity contribution < 1.29 is 4.79 Å². The van der Waals surface area contributed by atoms with Crippen molar-refractivity contribution in [3.63, 3.8) is 0 Å². The Kier molecular flexibility index (Phi) is 4.52. The third kappa shape index (κ3) is 4.06. The number of hydrogen-bond acceptors (Lipinski definition) is 2. The van der Waals surface area contributed by atoms with E-state index < -0.39 is 0 Å². The zero-order valence-corrected chi connectivity index (χ0v) is 12.1. The average molecular weight is 320 g/mol. The number of urea groups is 1. The van der Waals surface area contributed by atoms with E-state index in [4.69, 9.17) is 0 Å². The number of aromatic nitrogens is 1. The van der Waals surface area contributed by atoms with Gasteiger partial charge in [0.15, 0.2) is 0 Å². The molecule has 2 rings (SSSR count). The number of rotatable bonds is 3. The Morgan fingerprint density at radius 2 is 1.95 bits per heavy atom. The summed E-state index contributed by atoms with van der Waals surface area (Å²) in [5.74, 6) is 0.519. The molecule has 0 bridgehead atoms. The Morgan fingerprint density at radius 1 is 1.21 bits per heavy atom. The standard InChI is InChI=1S/C14H14BrN3O/c1-10-7-8-12(15)13(17-10)18-14(19)16-9-11-5-3-2-4-6-11/h2-8H,9H2,1H3,(H2,16,17,18,19). The van der Waals surface area contributed by atoms with Crippen molar-refractivity contribution in [3.05, 3.63) is 58.2 Å². The van der Waals surface area contributed by atoms with E-state index in [0.717, 1.165) is 15.7 Å². The van der Waals surface area contributed by atoms with Crippen LogP contribution in [-0.4, -0.2) is 11.0 Å². The third-order valence-corrected chi connectivity index (χ3v) is 3.15. The van der Waals surface area contributed by atoms with Gasteiger partial charge in [-0.3, -0.25) is 5.32 Å². The van der Waals surface area contributed by atoms with Crippen molar-refractivity contribution in [1.82, 2.24) is 10.3 Å². The fourth-order valence-corrected chi connectivity index (χ4v) is 1.88. The fourth-order valence-electron chi connectivity index (χ4n) is 1.56. The van der Waals surface area contributed by atoms with E-state index >= 15 is 0 Å². The molecule has 2 amide bonds. The second-order valence-electron chi connectivity index (χ2n) is 4.08. The highest BCUT2D eigenvalue weighted by Crippen LogP contribution is 2.19. The third-order valence-electron chi connectivity index (χ3n) is 2.51. The maximum Gasteiger partial charge on any atom is 0.320 e. The Morgan fingerprint density at radius 3 is 2.68 bits per heavy atom. The van der Waals surface area contributed by atoms with Crippen molar-refractivity contribution in [1.29, 1.82) is 0 Å². The molecule has 0 saturated heterocycles. The maximum absolute atomic E-state index is 11.8. The second kappa shape index (κ2) is 6.33. The van der Waals surface area contributed by atoms with Crippen LogP contribution in [0, 0.1) is 6.92 Å². The van der Waals surface area contributed by atoms with Crippen molar-refractivity contribution >= 4 is 27.8 Å². The lowest BCUT2D eigenvalue weighted by Crippen LogP contribution is -2.28. The van der Waals surface area contributed by atoms with Crippen LogP contribution >= 0.6 is 15.9 Å². The van der Waals surface area contributed by atoms with Gasteiger partial charge in [0, 0.05) is 12.2 Å². The molecule has 98 valence electrons. The molecule has 2 aromatic rings. The quantitative estimate of drug-likeness (QED) is 0.910. The van der Waals surface area contributed by atoms with Crippen molar-refractivity contribution in [2.45, 2.75) is 13.5 Å². The minimum absolute atomic E-state index is 0.275. The average Bonchev–Trinajstić information content (AvgIpc) is 2.42. The Hall–Kier alpha value is -1.88. The number of hydrogen-bond donors (Lipinski definition) is 2. The number of carbonyl (C=O) groups excluding carboxylic acids is 1. The van der Waals surface area contributed by atoms with Crippen molar-refractivity contribution in [2.75, 3.05) is 5.32 Å². The molecule has 1 aromatic heterocycles. The van der Waals surface area contributed by atoms with Crippen LogP contribution in [0.25, 0.3) is 0 Å². The summed E-state index contributed by atoms with van der Waals surface area (Å²) in [6.45, 7) is 2.36. The molecular formula is C14H14BrN3O. The Balaban J connectivity index is 1.93. The first-order chi connectivity index (χ1) is 9.15. The van der Waals surface area contributed by atoms with Crippen LogP contribution in [0.2, 0.25) is 0 Å². The summed E-state index contributed by atoms with van der Waals surface area (Å²) in [6, 6.07) is 13.2. The van der Waals surface area contributed by atoms with Gasteiger partial charge in [0.2, 0.25) is 0 Å². The van der Waals surface area contributed by atoms with Crippen LogP contribution in [0.15, 0.2) is 46.9 Å². The van der Waals surface area contributed by atoms with E-state index in [1.54, 1.807) is 0 Å². The number of halogens is 1. The van der Waals surface area contributed by atoms with Gasteiger partial charge in [0.1, 0.15) is 5.82 Å². The summed E-state index contributed by atoms with van der Waals surface area (Å²) in [6.07, 6.45) is 0. The first kappa shape index (κ1) is 13.5. The monoisotopic (exact) mass is 319 g/mol. The number of nitrogens with zero attached hydrogens (tertiary/aromatic N) is 1. The normalized spacial score (nSPS) is 10.0. The number of pyridine rings is 1. The summed E-state index contributed by atoms with van der Waals surface area (Å²) in [4.78, 5) is 16.0. The van der Waals surface area contributed by atoms with E-state index in [1.807, 2.05) is 49.4 Å². The van der Waals surface area contributed by atoms with Crippen LogP contribution in [0.5, 0.6) is 0 Å². The summed E-state index contributed by atoms with van der Waals surface area (Å²) < 4.78 is 0.757. The Bertz CT molecular complexity index is 572. The zero-order valence-electron chi connectivity index (χ0n) is 10.5. The number of aryl methyl sites for hydroxylation is 1. The van der Waals surface area contributed by atoms with Gasteiger partial charge in [-0.1, -0.05) is 30.3 Å². The lowest BCUT2D eigenvalue weighted by atomic mass is 10.2. The SMILES string of the molecule is Cc1ccc(Br)c(NC(=O)NCc2ccccc2)n1. The number of nitrogens with one attached hydrogen (secondary N) is 2. The number of carbonyl (C=O) groups is 1. The molecule has 1 heterocycles. The minimum Gasteiger partial charge on any atom is -0.334 e. The number of amides is 2. The number of anilines is 1. The van der Waals surface area contributed by atoms with Crippen molar-refractivity contribution in [2.24, 2.45) is 0 Å². The van der Waals surface area contributed by atoms with Crippen molar-refractivity contribution in [3.8, 4) is 0 Å². The molecule has 0 radical (unpaired) electrons. The summed E-state index contributed by atoms with van der Waals surface area (Å²) >= 11 is 3.35. The van der Waals surface area contributed by atoms with Crippen LogP contribution in [0.3, 0.4) is 0 Å². The van der Waals surface area contributed by atoms with Gasteiger partial charge in [0.25, 0.3) is 0 Å². The molecule has 0 saturated carbocycles. The van der Waals surface area contributed by atoms with Crippen LogP contribution < -0.4 is 10.6 Å². The van der Waals surface area contributed by atoms with E-state index in [-0.39, 0.29) is 6.03 Å². The van der Waals surface area contributed by atoms with Gasteiger partial charge in [-0.15, -0.1) is 0 Å². The zero-order chi connectivity index (χ0) is 13.7. The molecule has 19 heavy (non-hydrogen) atoms. The highest BCUT2D eigenvalue weighted by atomic mass is 79.9. The molecule has 0 aliphatic carbocycles. The van der Waals surface area contributed by atoms with Gasteiger partial charge in [-0.2, -0.15) is 0 Å². The molecule has 0 atom stereocenters. The van der Waals surface area contributed by atoms with Gasteiger partial charge in [-0.05, 0) is 40.5 Å². The fraction of sp³-hybridized carbons (Fsp3) is 0.143. The topological polar surface area (TPSA) is 54.0 Å². The summed E-state index contributed by atoms with van der Waals surface area (Å²) in [7, 11) is 0. The largest absolute Gasteiger partial charge is 0.334 e. The van der Waals surface area contributed by atoms with Crippen LogP contribution in [0.1, 0.15) is 11.3 Å². The lowest BCUT2D eigenvalue weighted by Gasteiger charge is -2.09. The molecule has 2 N–H and O–H groups in total. The molecule has 5 heteroatoms. The highest BCUT2D eigenvalue weighted by Gasteiger charge is 2.06. The molecule has 0 fully saturated rings. The van der Waals surface area contributed by atoms with E-state index in [0.29, 0.717) is 12.4 Å². The molecule has 0 unspecified atom stereocenters. The van der Waals surface area contributed by atoms with E-state index in [1.165, 1.54) is 0 Å². The van der Waals surface area contributed by atoms with Crippen LogP contribution in [-0.2, 0) is 6.54 Å². The molecule has 0 spiro atoms.